The lowest BCUT2D eigenvalue weighted by molar-refractivity contribution is -0.384. The maximum atomic E-state index is 13.3. The predicted molar refractivity (Wildman–Crippen MR) is 118 cm³/mol. The van der Waals surface area contributed by atoms with E-state index in [1.165, 1.54) is 19.2 Å². The third-order valence-electron chi connectivity index (χ3n) is 5.34. The number of carbonyl (C=O) groups is 2. The van der Waals surface area contributed by atoms with Crippen molar-refractivity contribution in [3.8, 4) is 0 Å². The zero-order valence-electron chi connectivity index (χ0n) is 18.4. The Morgan fingerprint density at radius 1 is 1.23 bits per heavy atom. The summed E-state index contributed by atoms with van der Waals surface area (Å²) in [5.41, 5.74) is -0.367. The molecule has 1 aliphatic rings. The smallest absolute Gasteiger partial charge is 0.326 e. The summed E-state index contributed by atoms with van der Waals surface area (Å²) < 4.78 is 10.6. The Morgan fingerprint density at radius 3 is 2.35 bits per heavy atom. The molecule has 31 heavy (non-hydrogen) atoms. The number of hydrogen-bond acceptors (Lipinski definition) is 8. The van der Waals surface area contributed by atoms with Crippen LogP contribution in [0.5, 0.6) is 0 Å². The second-order valence-corrected chi connectivity index (χ2v) is 7.70. The minimum Gasteiger partial charge on any atom is -0.468 e. The maximum Gasteiger partial charge on any atom is 0.326 e. The van der Waals surface area contributed by atoms with Crippen molar-refractivity contribution in [3.05, 3.63) is 51.7 Å². The van der Waals surface area contributed by atoms with Gasteiger partial charge < -0.3 is 19.7 Å². The molecule has 9 nitrogen and oxygen atoms in total. The molecule has 172 valence electrons. The van der Waals surface area contributed by atoms with Crippen LogP contribution < -0.4 is 5.32 Å². The molecule has 3 unspecified atom stereocenters. The molecule has 0 saturated carbocycles. The summed E-state index contributed by atoms with van der Waals surface area (Å²) in [7, 11) is 5.07. The van der Waals surface area contributed by atoms with Crippen molar-refractivity contribution in [2.24, 2.45) is 5.41 Å². The fourth-order valence-corrected chi connectivity index (χ4v) is 3.84. The van der Waals surface area contributed by atoms with Crippen molar-refractivity contribution in [3.63, 3.8) is 0 Å². The number of nitrogens with zero attached hydrogens (tertiary/aromatic N) is 2. The molecule has 1 aromatic rings. The van der Waals surface area contributed by atoms with E-state index >= 15 is 0 Å². The first-order chi connectivity index (χ1) is 14.1. The molecule has 0 spiro atoms. The molecule has 3 atom stereocenters. The Morgan fingerprint density at radius 2 is 1.84 bits per heavy atom. The van der Waals surface area contributed by atoms with Gasteiger partial charge in [0.2, 0.25) is 0 Å². The number of nitro groups is 1. The van der Waals surface area contributed by atoms with Crippen molar-refractivity contribution in [2.45, 2.75) is 32.2 Å². The lowest BCUT2D eigenvalue weighted by atomic mass is 9.65. The quantitative estimate of drug-likeness (QED) is 0.209. The van der Waals surface area contributed by atoms with Gasteiger partial charge in [-0.2, -0.15) is 0 Å². The van der Waals surface area contributed by atoms with Crippen LogP contribution in [0.1, 0.15) is 31.7 Å². The first-order valence-electron chi connectivity index (χ1n) is 9.74. The van der Waals surface area contributed by atoms with Crippen LogP contribution in [-0.2, 0) is 19.1 Å². The zero-order chi connectivity index (χ0) is 22.5. The van der Waals surface area contributed by atoms with E-state index in [1.54, 1.807) is 25.1 Å². The zero-order valence-corrected chi connectivity index (χ0v) is 19.2. The Bertz CT molecular complexity index is 827. The van der Waals surface area contributed by atoms with Gasteiger partial charge in [0.15, 0.2) is 5.41 Å². The number of nitrogens with one attached hydrogen (secondary N) is 1. The van der Waals surface area contributed by atoms with Crippen molar-refractivity contribution in [2.75, 3.05) is 34.4 Å². The number of allylic oxidation sites excluding steroid dienone is 2. The first-order valence-corrected chi connectivity index (χ1v) is 9.74. The van der Waals surface area contributed by atoms with E-state index < -0.39 is 34.2 Å². The fraction of sp³-hybridized carbons (Fsp3) is 0.524. The van der Waals surface area contributed by atoms with Gasteiger partial charge in [-0.15, -0.1) is 12.4 Å². The normalized spacial score (nSPS) is 22.6. The van der Waals surface area contributed by atoms with E-state index in [0.717, 1.165) is 12.2 Å². The number of benzene rings is 1. The number of methoxy groups -OCH3 is 1. The number of hydrogen-bond donors (Lipinski definition) is 1. The molecule has 0 fully saturated rings. The number of non-ortho nitro benzene ring substituents is 1. The predicted octanol–water partition coefficient (Wildman–Crippen LogP) is 2.65. The van der Waals surface area contributed by atoms with Crippen LogP contribution in [-0.4, -0.2) is 62.2 Å². The third-order valence-corrected chi connectivity index (χ3v) is 5.34. The van der Waals surface area contributed by atoms with Crippen LogP contribution >= 0.6 is 12.4 Å². The molecular formula is C21H30ClN3O6. The summed E-state index contributed by atoms with van der Waals surface area (Å²) in [6.45, 7) is 4.46. The number of carbonyl (C=O) groups excluding carboxylic acids is 2. The average molecular weight is 456 g/mol. The molecule has 1 heterocycles. The highest BCUT2D eigenvalue weighted by molar-refractivity contribution is 6.03. The highest BCUT2D eigenvalue weighted by atomic mass is 35.5. The molecule has 0 bridgehead atoms. The van der Waals surface area contributed by atoms with Gasteiger partial charge in [0, 0.05) is 30.3 Å². The van der Waals surface area contributed by atoms with Crippen molar-refractivity contribution >= 4 is 30.0 Å². The van der Waals surface area contributed by atoms with E-state index in [2.05, 4.69) is 5.32 Å². The lowest BCUT2D eigenvalue weighted by Gasteiger charge is -2.43. The number of esters is 2. The molecule has 1 aromatic carbocycles. The van der Waals surface area contributed by atoms with Gasteiger partial charge in [0.1, 0.15) is 0 Å². The molecule has 0 aliphatic carbocycles. The Hall–Kier alpha value is -2.65. The number of halogens is 1. The minimum atomic E-state index is -1.66. The first kappa shape index (κ1) is 26.4. The van der Waals surface area contributed by atoms with E-state index in [1.807, 2.05) is 25.9 Å². The topological polar surface area (TPSA) is 111 Å². The minimum absolute atomic E-state index is 0. The highest BCUT2D eigenvalue weighted by Crippen LogP contribution is 2.46. The van der Waals surface area contributed by atoms with Crippen LogP contribution in [0.15, 0.2) is 36.0 Å². The van der Waals surface area contributed by atoms with Gasteiger partial charge in [-0.25, -0.2) is 0 Å². The largest absolute Gasteiger partial charge is 0.468 e. The monoisotopic (exact) mass is 455 g/mol. The SMILES string of the molecule is COC(=O)C1(C(=O)OCCCN(C)C)C(C)NC(C)=CC1c1ccc([N+](=O)[O-])cc1.Cl. The summed E-state index contributed by atoms with van der Waals surface area (Å²) in [4.78, 5) is 38.8. The molecule has 0 saturated heterocycles. The van der Waals surface area contributed by atoms with E-state index in [4.69, 9.17) is 9.47 Å². The molecule has 10 heteroatoms. The number of nitro benzene ring substituents is 1. The van der Waals surface area contributed by atoms with Gasteiger partial charge in [0.05, 0.1) is 24.7 Å². The summed E-state index contributed by atoms with van der Waals surface area (Å²) in [5.74, 6) is -2.10. The van der Waals surface area contributed by atoms with Crippen molar-refractivity contribution < 1.29 is 24.0 Å². The highest BCUT2D eigenvalue weighted by Gasteiger charge is 2.60. The molecule has 1 aliphatic heterocycles. The standard InChI is InChI=1S/C21H29N3O6.ClH/c1-14-13-18(16-7-9-17(10-8-16)24(27)28)21(15(2)22-14,19(25)29-5)20(26)30-12-6-11-23(3)4;/h7-10,13,15,18,22H,6,11-12H2,1-5H3;1H. The summed E-state index contributed by atoms with van der Waals surface area (Å²) in [6.07, 6.45) is 2.38. The Balaban J connectivity index is 0.00000480. The number of rotatable bonds is 8. The van der Waals surface area contributed by atoms with Crippen LogP contribution in [0.25, 0.3) is 0 Å². The third kappa shape index (κ3) is 5.54. The van der Waals surface area contributed by atoms with E-state index in [9.17, 15) is 19.7 Å². The van der Waals surface area contributed by atoms with Gasteiger partial charge >= 0.3 is 11.9 Å². The average Bonchev–Trinajstić information content (AvgIpc) is 2.70. The van der Waals surface area contributed by atoms with Crippen LogP contribution in [0, 0.1) is 15.5 Å². The molecule has 2 rings (SSSR count). The van der Waals surface area contributed by atoms with Crippen LogP contribution in [0.2, 0.25) is 0 Å². The van der Waals surface area contributed by atoms with Gasteiger partial charge in [-0.3, -0.25) is 19.7 Å². The fourth-order valence-electron chi connectivity index (χ4n) is 3.84. The van der Waals surface area contributed by atoms with Crippen LogP contribution in [0.3, 0.4) is 0 Å². The summed E-state index contributed by atoms with van der Waals surface area (Å²) in [6, 6.07) is 5.21. The maximum absolute atomic E-state index is 13.3. The summed E-state index contributed by atoms with van der Waals surface area (Å²) >= 11 is 0. The van der Waals surface area contributed by atoms with Gasteiger partial charge in [-0.05, 0) is 39.9 Å². The van der Waals surface area contributed by atoms with Crippen molar-refractivity contribution in [1.29, 1.82) is 0 Å². The van der Waals surface area contributed by atoms with E-state index in [0.29, 0.717) is 12.0 Å². The van der Waals surface area contributed by atoms with Crippen molar-refractivity contribution in [1.82, 2.24) is 10.2 Å². The van der Waals surface area contributed by atoms with E-state index in [-0.39, 0.29) is 24.7 Å². The number of ether oxygens (including phenoxy) is 2. The lowest BCUT2D eigenvalue weighted by Crippen LogP contribution is -2.59. The molecule has 0 amide bonds. The van der Waals surface area contributed by atoms with Crippen LogP contribution in [0.4, 0.5) is 5.69 Å². The Kier molecular flexibility index (Phi) is 9.45. The molecule has 0 radical (unpaired) electrons. The summed E-state index contributed by atoms with van der Waals surface area (Å²) in [5, 5.41) is 14.2. The Labute approximate surface area is 188 Å². The second-order valence-electron chi connectivity index (χ2n) is 7.70. The molecule has 0 aromatic heterocycles. The van der Waals surface area contributed by atoms with Gasteiger partial charge in [0.25, 0.3) is 5.69 Å². The molecule has 1 N–H and O–H groups in total. The van der Waals surface area contributed by atoms with Gasteiger partial charge in [-0.1, -0.05) is 18.2 Å². The second kappa shape index (κ2) is 11.1. The molecular weight excluding hydrogens is 426 g/mol.